The molecule has 0 radical (unpaired) electrons. The summed E-state index contributed by atoms with van der Waals surface area (Å²) in [6, 6.07) is 14.7. The molecule has 3 aromatic rings. The third-order valence-electron chi connectivity index (χ3n) is 5.71. The van der Waals surface area contributed by atoms with Crippen LogP contribution in [0, 0.1) is 18.6 Å². The zero-order valence-electron chi connectivity index (χ0n) is 17.9. The lowest BCUT2D eigenvalue weighted by Crippen LogP contribution is -2.32. The molecule has 0 amide bonds. The molecule has 1 aliphatic heterocycles. The zero-order chi connectivity index (χ0) is 21.1. The van der Waals surface area contributed by atoms with Crippen molar-refractivity contribution in [3.8, 4) is 11.4 Å². The van der Waals surface area contributed by atoms with Crippen molar-refractivity contribution in [1.29, 1.82) is 0 Å². The molecule has 30 heavy (non-hydrogen) atoms. The minimum atomic E-state index is 0.715. The van der Waals surface area contributed by atoms with Crippen LogP contribution in [-0.4, -0.2) is 52.5 Å². The second-order valence-corrected chi connectivity index (χ2v) is 8.24. The molecule has 1 aliphatic rings. The van der Waals surface area contributed by atoms with Crippen LogP contribution in [0.3, 0.4) is 0 Å². The lowest BCUT2D eigenvalue weighted by Gasteiger charge is -2.23. The molecular weight excluding hydrogens is 394 g/mol. The summed E-state index contributed by atoms with van der Waals surface area (Å²) in [5.74, 6) is 0.893. The van der Waals surface area contributed by atoms with Gasteiger partial charge >= 0.3 is 0 Å². The van der Waals surface area contributed by atoms with Crippen LogP contribution in [0.5, 0.6) is 5.75 Å². The summed E-state index contributed by atoms with van der Waals surface area (Å²) in [6.07, 6.45) is 2.94. The molecule has 0 saturated carbocycles. The molecule has 2 heterocycles. The van der Waals surface area contributed by atoms with Crippen molar-refractivity contribution in [3.05, 3.63) is 64.7 Å². The quantitative estimate of drug-likeness (QED) is 0.575. The number of aromatic nitrogens is 3. The van der Waals surface area contributed by atoms with Gasteiger partial charge < -0.3 is 9.64 Å². The van der Waals surface area contributed by atoms with Crippen molar-refractivity contribution in [2.45, 2.75) is 26.9 Å². The van der Waals surface area contributed by atoms with Crippen LogP contribution in [0.2, 0.25) is 0 Å². The fourth-order valence-electron chi connectivity index (χ4n) is 4.03. The lowest BCUT2D eigenvalue weighted by molar-refractivity contribution is 0.219. The van der Waals surface area contributed by atoms with Gasteiger partial charge in [-0.05, 0) is 68.4 Å². The molecule has 7 heteroatoms. The first-order chi connectivity index (χ1) is 14.5. The van der Waals surface area contributed by atoms with Crippen molar-refractivity contribution in [2.75, 3.05) is 38.2 Å². The first-order valence-electron chi connectivity index (χ1n) is 10.4. The molecule has 2 aromatic carbocycles. The summed E-state index contributed by atoms with van der Waals surface area (Å²) in [7, 11) is 1.70. The minimum absolute atomic E-state index is 0.715. The summed E-state index contributed by atoms with van der Waals surface area (Å²) >= 11 is 5.74. The van der Waals surface area contributed by atoms with E-state index >= 15 is 0 Å². The van der Waals surface area contributed by atoms with Gasteiger partial charge in [-0.2, -0.15) is 5.10 Å². The molecule has 4 rings (SSSR count). The van der Waals surface area contributed by atoms with Gasteiger partial charge in [0.05, 0.1) is 19.5 Å². The highest BCUT2D eigenvalue weighted by molar-refractivity contribution is 7.71. The monoisotopic (exact) mass is 423 g/mol. The molecule has 0 atom stereocenters. The number of anilines is 1. The Morgan fingerprint density at radius 2 is 1.80 bits per heavy atom. The third-order valence-corrected chi connectivity index (χ3v) is 6.11. The summed E-state index contributed by atoms with van der Waals surface area (Å²) in [5, 5.41) is 4.58. The Morgan fingerprint density at radius 3 is 2.53 bits per heavy atom. The number of ether oxygens (including phenoxy) is 1. The summed E-state index contributed by atoms with van der Waals surface area (Å²) in [5.41, 5.74) is 4.79. The Balaban J connectivity index is 1.44. The third kappa shape index (κ3) is 4.42. The summed E-state index contributed by atoms with van der Waals surface area (Å²) in [6.45, 7) is 8.98. The van der Waals surface area contributed by atoms with Gasteiger partial charge in [-0.15, -0.1) is 0 Å². The van der Waals surface area contributed by atoms with Gasteiger partial charge in [0.2, 0.25) is 4.77 Å². The highest BCUT2D eigenvalue weighted by atomic mass is 32.1. The van der Waals surface area contributed by atoms with E-state index in [2.05, 4.69) is 59.1 Å². The maximum absolute atomic E-state index is 5.74. The Bertz CT molecular complexity index is 1060. The predicted molar refractivity (Wildman–Crippen MR) is 123 cm³/mol. The van der Waals surface area contributed by atoms with E-state index in [1.807, 2.05) is 27.7 Å². The highest BCUT2D eigenvalue weighted by Crippen LogP contribution is 2.21. The topological polar surface area (TPSA) is 38.5 Å². The maximum Gasteiger partial charge on any atom is 0.203 e. The average molecular weight is 424 g/mol. The van der Waals surface area contributed by atoms with Crippen molar-refractivity contribution >= 4 is 17.9 Å². The molecule has 1 saturated heterocycles. The second kappa shape index (κ2) is 9.02. The molecule has 158 valence electrons. The van der Waals surface area contributed by atoms with Crippen LogP contribution in [0.25, 0.3) is 5.69 Å². The molecule has 6 nitrogen and oxygen atoms in total. The van der Waals surface area contributed by atoms with E-state index in [0.717, 1.165) is 48.8 Å². The van der Waals surface area contributed by atoms with E-state index in [4.69, 9.17) is 17.0 Å². The van der Waals surface area contributed by atoms with Gasteiger partial charge in [-0.25, -0.2) is 4.68 Å². The van der Waals surface area contributed by atoms with Crippen LogP contribution >= 0.6 is 12.2 Å². The van der Waals surface area contributed by atoms with Gasteiger partial charge in [-0.3, -0.25) is 9.47 Å². The van der Waals surface area contributed by atoms with E-state index in [1.165, 1.54) is 16.8 Å². The van der Waals surface area contributed by atoms with E-state index in [1.54, 1.807) is 7.11 Å². The fraction of sp³-hybridized carbons (Fsp3) is 0.391. The van der Waals surface area contributed by atoms with Gasteiger partial charge in [-0.1, -0.05) is 17.7 Å². The van der Waals surface area contributed by atoms with Gasteiger partial charge in [0.1, 0.15) is 12.1 Å². The molecule has 0 N–H and O–H groups in total. The number of nitrogens with zero attached hydrogens (tertiary/aromatic N) is 5. The number of hydrogen-bond acceptors (Lipinski definition) is 5. The number of benzene rings is 2. The van der Waals surface area contributed by atoms with Gasteiger partial charge in [0, 0.05) is 31.9 Å². The summed E-state index contributed by atoms with van der Waals surface area (Å²) < 4.78 is 9.94. The maximum atomic E-state index is 5.74. The molecule has 1 aromatic heterocycles. The van der Waals surface area contributed by atoms with E-state index < -0.39 is 0 Å². The Hall–Kier alpha value is -2.64. The number of aryl methyl sites for hydroxylation is 2. The van der Waals surface area contributed by atoms with Crippen LogP contribution in [0.1, 0.15) is 17.5 Å². The first kappa shape index (κ1) is 20.6. The van der Waals surface area contributed by atoms with Crippen LogP contribution in [0.15, 0.2) is 48.8 Å². The number of methoxy groups -OCH3 is 1. The van der Waals surface area contributed by atoms with Crippen LogP contribution in [-0.2, 0) is 6.67 Å². The molecule has 1 fully saturated rings. The van der Waals surface area contributed by atoms with E-state index in [9.17, 15) is 0 Å². The van der Waals surface area contributed by atoms with Crippen molar-refractivity contribution < 1.29 is 4.74 Å². The van der Waals surface area contributed by atoms with Gasteiger partial charge in [0.25, 0.3) is 0 Å². The second-order valence-electron chi connectivity index (χ2n) is 7.87. The van der Waals surface area contributed by atoms with E-state index in [0.29, 0.717) is 6.67 Å². The smallest absolute Gasteiger partial charge is 0.203 e. The SMILES string of the molecule is COc1ccc(N2CCCN(Cn3ncn(-c4ccc(C)cc4C)c3=S)CC2)cc1. The van der Waals surface area contributed by atoms with Crippen molar-refractivity contribution in [1.82, 2.24) is 19.2 Å². The first-order valence-corrected chi connectivity index (χ1v) is 10.8. The number of hydrogen-bond donors (Lipinski definition) is 0. The minimum Gasteiger partial charge on any atom is -0.497 e. The van der Waals surface area contributed by atoms with Gasteiger partial charge in [0.15, 0.2) is 0 Å². The Labute approximate surface area is 183 Å². The lowest BCUT2D eigenvalue weighted by atomic mass is 10.1. The highest BCUT2D eigenvalue weighted by Gasteiger charge is 2.17. The molecule has 0 aliphatic carbocycles. The molecule has 0 bridgehead atoms. The van der Waals surface area contributed by atoms with Crippen molar-refractivity contribution in [2.24, 2.45) is 0 Å². The number of rotatable bonds is 5. The standard InChI is InChI=1S/C23H29N5OS/c1-18-5-10-22(19(2)15-18)27-16-24-28(23(27)30)17-25-11-4-12-26(14-13-25)20-6-8-21(29-3)9-7-20/h5-10,15-16H,4,11-14,17H2,1-3H3. The van der Waals surface area contributed by atoms with Crippen molar-refractivity contribution in [3.63, 3.8) is 0 Å². The Kier molecular flexibility index (Phi) is 6.20. The van der Waals surface area contributed by atoms with E-state index in [-0.39, 0.29) is 0 Å². The molecular formula is C23H29N5OS. The largest absolute Gasteiger partial charge is 0.497 e. The summed E-state index contributed by atoms with van der Waals surface area (Å²) in [4.78, 5) is 4.87. The molecule has 0 spiro atoms. The fourth-order valence-corrected chi connectivity index (χ4v) is 4.28. The van der Waals surface area contributed by atoms with Crippen LogP contribution < -0.4 is 9.64 Å². The van der Waals surface area contributed by atoms with Crippen LogP contribution in [0.4, 0.5) is 5.69 Å². The average Bonchev–Trinajstić information content (AvgIpc) is 2.95. The Morgan fingerprint density at radius 1 is 1.00 bits per heavy atom. The normalized spacial score (nSPS) is 15.2. The predicted octanol–water partition coefficient (Wildman–Crippen LogP) is 4.20. The zero-order valence-corrected chi connectivity index (χ0v) is 18.7. The molecule has 0 unspecified atom stereocenters.